The summed E-state index contributed by atoms with van der Waals surface area (Å²) < 4.78 is 18.7. The maximum Gasteiger partial charge on any atom is 0.165 e. The fourth-order valence-electron chi connectivity index (χ4n) is 1.17. The molecule has 0 radical (unpaired) electrons. The van der Waals surface area contributed by atoms with E-state index in [4.69, 9.17) is 15.9 Å². The molecule has 0 bridgehead atoms. The Morgan fingerprint density at radius 2 is 2.31 bits per heavy atom. The summed E-state index contributed by atoms with van der Waals surface area (Å²) in [6, 6.07) is 4.30. The van der Waals surface area contributed by atoms with Gasteiger partial charge < -0.3 is 10.5 Å². The molecule has 0 atom stereocenters. The van der Waals surface area contributed by atoms with Gasteiger partial charge in [-0.15, -0.1) is 0 Å². The van der Waals surface area contributed by atoms with Crippen LogP contribution in [0, 0.1) is 11.2 Å². The fraction of sp³-hybridized carbons (Fsp3) is 0.364. The Balaban J connectivity index is 2.57. The summed E-state index contributed by atoms with van der Waals surface area (Å²) in [6.45, 7) is 0.497. The van der Waals surface area contributed by atoms with Crippen LogP contribution in [0.2, 0.25) is 0 Å². The van der Waals surface area contributed by atoms with Gasteiger partial charge in [0.05, 0.1) is 6.61 Å². The molecule has 3 nitrogen and oxygen atoms in total. The normalized spacial score (nSPS) is 10.1. The number of thioether (sulfide) groups is 1. The van der Waals surface area contributed by atoms with Gasteiger partial charge in [0.15, 0.2) is 11.6 Å². The summed E-state index contributed by atoms with van der Waals surface area (Å²) in [5.74, 6) is 0.587. The maximum atomic E-state index is 13.4. The lowest BCUT2D eigenvalue weighted by atomic mass is 10.2. The largest absolute Gasteiger partial charge is 0.490 e. The van der Waals surface area contributed by atoms with Crippen molar-refractivity contribution in [2.75, 3.05) is 18.6 Å². The second-order valence-corrected chi connectivity index (χ2v) is 4.24. The third-order valence-electron chi connectivity index (χ3n) is 1.99. The molecule has 1 rings (SSSR count). The van der Waals surface area contributed by atoms with Crippen LogP contribution in [0.1, 0.15) is 12.0 Å². The zero-order chi connectivity index (χ0) is 12.0. The van der Waals surface area contributed by atoms with Gasteiger partial charge in [0.25, 0.3) is 0 Å². The van der Waals surface area contributed by atoms with Crippen molar-refractivity contribution in [3.63, 3.8) is 0 Å². The molecule has 1 aromatic carbocycles. The van der Waals surface area contributed by atoms with Crippen LogP contribution in [0.3, 0.4) is 0 Å². The Morgan fingerprint density at radius 1 is 1.56 bits per heavy atom. The SMILES string of the molecule is CSCCCOc1ccc(C(=N)N)cc1F. The van der Waals surface area contributed by atoms with E-state index >= 15 is 0 Å². The van der Waals surface area contributed by atoms with E-state index in [1.807, 2.05) is 6.26 Å². The molecule has 0 aliphatic carbocycles. The highest BCUT2D eigenvalue weighted by Gasteiger charge is 2.05. The highest BCUT2D eigenvalue weighted by atomic mass is 32.2. The van der Waals surface area contributed by atoms with Gasteiger partial charge in [-0.2, -0.15) is 11.8 Å². The lowest BCUT2D eigenvalue weighted by molar-refractivity contribution is 0.302. The van der Waals surface area contributed by atoms with Gasteiger partial charge in [0.1, 0.15) is 5.84 Å². The molecule has 16 heavy (non-hydrogen) atoms. The van der Waals surface area contributed by atoms with Crippen molar-refractivity contribution in [2.45, 2.75) is 6.42 Å². The van der Waals surface area contributed by atoms with Crippen LogP contribution < -0.4 is 10.5 Å². The zero-order valence-electron chi connectivity index (χ0n) is 9.13. The van der Waals surface area contributed by atoms with Gasteiger partial charge in [-0.1, -0.05) is 0 Å². The van der Waals surface area contributed by atoms with E-state index in [-0.39, 0.29) is 11.6 Å². The van der Waals surface area contributed by atoms with E-state index in [1.54, 1.807) is 17.8 Å². The molecule has 0 aliphatic rings. The Kier molecular flexibility index (Phi) is 5.11. The number of amidine groups is 1. The number of benzene rings is 1. The summed E-state index contributed by atoms with van der Waals surface area (Å²) in [7, 11) is 0. The van der Waals surface area contributed by atoms with Gasteiger partial charge in [-0.25, -0.2) is 4.39 Å². The molecule has 0 unspecified atom stereocenters. The lowest BCUT2D eigenvalue weighted by Gasteiger charge is -2.07. The van der Waals surface area contributed by atoms with Crippen LogP contribution >= 0.6 is 11.8 Å². The second kappa shape index (κ2) is 6.37. The van der Waals surface area contributed by atoms with E-state index in [1.165, 1.54) is 12.1 Å². The number of nitrogen functional groups attached to an aromatic ring is 1. The van der Waals surface area contributed by atoms with Crippen LogP contribution in [-0.2, 0) is 0 Å². The van der Waals surface area contributed by atoms with Gasteiger partial charge in [0.2, 0.25) is 0 Å². The molecule has 0 saturated carbocycles. The average molecular weight is 242 g/mol. The minimum Gasteiger partial charge on any atom is -0.490 e. The van der Waals surface area contributed by atoms with Crippen molar-refractivity contribution in [1.29, 1.82) is 5.41 Å². The van der Waals surface area contributed by atoms with E-state index < -0.39 is 5.82 Å². The monoisotopic (exact) mass is 242 g/mol. The van der Waals surface area contributed by atoms with E-state index in [0.29, 0.717) is 12.2 Å². The van der Waals surface area contributed by atoms with Gasteiger partial charge in [0, 0.05) is 5.56 Å². The first kappa shape index (κ1) is 12.8. The first-order chi connectivity index (χ1) is 7.65. The molecule has 0 spiro atoms. The van der Waals surface area contributed by atoms with Crippen molar-refractivity contribution in [3.8, 4) is 5.75 Å². The van der Waals surface area contributed by atoms with Crippen LogP contribution in [-0.4, -0.2) is 24.5 Å². The van der Waals surface area contributed by atoms with Crippen LogP contribution in [0.25, 0.3) is 0 Å². The van der Waals surface area contributed by atoms with Crippen LogP contribution in [0.4, 0.5) is 4.39 Å². The number of nitrogens with two attached hydrogens (primary N) is 1. The minimum atomic E-state index is -0.475. The number of hydrogen-bond donors (Lipinski definition) is 2. The number of hydrogen-bond acceptors (Lipinski definition) is 3. The lowest BCUT2D eigenvalue weighted by Crippen LogP contribution is -2.11. The van der Waals surface area contributed by atoms with Gasteiger partial charge in [-0.05, 0) is 36.6 Å². The standard InChI is InChI=1S/C11H15FN2OS/c1-16-6-2-5-15-10-4-3-8(11(13)14)7-9(10)12/h3-4,7H,2,5-6H2,1H3,(H3,13,14). The summed E-state index contributed by atoms with van der Waals surface area (Å²) in [6.07, 6.45) is 2.90. The Labute approximate surface area is 98.7 Å². The summed E-state index contributed by atoms with van der Waals surface area (Å²) >= 11 is 1.73. The van der Waals surface area contributed by atoms with Crippen molar-refractivity contribution >= 4 is 17.6 Å². The summed E-state index contributed by atoms with van der Waals surface area (Å²) in [5.41, 5.74) is 5.61. The third-order valence-corrected chi connectivity index (χ3v) is 2.69. The molecule has 0 aromatic heterocycles. The first-order valence-electron chi connectivity index (χ1n) is 4.91. The van der Waals surface area contributed by atoms with Crippen molar-refractivity contribution in [2.24, 2.45) is 5.73 Å². The van der Waals surface area contributed by atoms with Gasteiger partial charge >= 0.3 is 0 Å². The predicted molar refractivity (Wildman–Crippen MR) is 65.9 cm³/mol. The number of nitrogens with one attached hydrogen (secondary N) is 1. The van der Waals surface area contributed by atoms with Crippen molar-refractivity contribution < 1.29 is 9.13 Å². The van der Waals surface area contributed by atoms with E-state index in [2.05, 4.69) is 0 Å². The zero-order valence-corrected chi connectivity index (χ0v) is 9.94. The molecule has 0 fully saturated rings. The highest BCUT2D eigenvalue weighted by Crippen LogP contribution is 2.18. The molecular weight excluding hydrogens is 227 g/mol. The first-order valence-corrected chi connectivity index (χ1v) is 6.30. The quantitative estimate of drug-likeness (QED) is 0.457. The maximum absolute atomic E-state index is 13.4. The number of ether oxygens (including phenoxy) is 1. The minimum absolute atomic E-state index is 0.146. The van der Waals surface area contributed by atoms with Crippen LogP contribution in [0.5, 0.6) is 5.75 Å². The molecule has 0 amide bonds. The Morgan fingerprint density at radius 3 is 2.88 bits per heavy atom. The molecule has 1 aromatic rings. The van der Waals surface area contributed by atoms with Gasteiger partial charge in [-0.3, -0.25) is 5.41 Å². The second-order valence-electron chi connectivity index (χ2n) is 3.25. The molecule has 88 valence electrons. The highest BCUT2D eigenvalue weighted by molar-refractivity contribution is 7.98. The molecular formula is C11H15FN2OS. The predicted octanol–water partition coefficient (Wildman–Crippen LogP) is 2.24. The van der Waals surface area contributed by atoms with Crippen molar-refractivity contribution in [1.82, 2.24) is 0 Å². The fourth-order valence-corrected chi connectivity index (χ4v) is 1.58. The molecule has 0 heterocycles. The van der Waals surface area contributed by atoms with E-state index in [0.717, 1.165) is 12.2 Å². The molecule has 5 heteroatoms. The molecule has 0 saturated heterocycles. The summed E-state index contributed by atoms with van der Waals surface area (Å²) in [5, 5.41) is 7.16. The smallest absolute Gasteiger partial charge is 0.165 e. The van der Waals surface area contributed by atoms with Crippen molar-refractivity contribution in [3.05, 3.63) is 29.6 Å². The molecule has 0 aliphatic heterocycles. The molecule has 3 N–H and O–H groups in total. The number of rotatable bonds is 6. The third kappa shape index (κ3) is 3.73. The summed E-state index contributed by atoms with van der Waals surface area (Å²) in [4.78, 5) is 0. The number of halogens is 1. The average Bonchev–Trinajstić information content (AvgIpc) is 2.26. The van der Waals surface area contributed by atoms with E-state index in [9.17, 15) is 4.39 Å². The Bertz CT molecular complexity index is 371. The van der Waals surface area contributed by atoms with Crippen LogP contribution in [0.15, 0.2) is 18.2 Å². The Hall–Kier alpha value is -1.23. The topological polar surface area (TPSA) is 59.1 Å².